The number of nitrogens with zero attached hydrogens (tertiary/aromatic N) is 4. The molecule has 1 aliphatic carbocycles. The van der Waals surface area contributed by atoms with Crippen molar-refractivity contribution in [2.75, 3.05) is 24.1 Å². The van der Waals surface area contributed by atoms with Gasteiger partial charge in [-0.05, 0) is 44.2 Å². The molecule has 4 aliphatic rings. The quantitative estimate of drug-likeness (QED) is 0.462. The lowest BCUT2D eigenvalue weighted by atomic mass is 9.69. The Kier molecular flexibility index (Phi) is 6.35. The van der Waals surface area contributed by atoms with Gasteiger partial charge in [-0.25, -0.2) is 0 Å². The van der Waals surface area contributed by atoms with Gasteiger partial charge in [0.2, 0.25) is 17.7 Å². The van der Waals surface area contributed by atoms with Gasteiger partial charge in [-0.2, -0.15) is 5.10 Å². The number of likely N-dealkylation sites (tertiary alicyclic amines) is 1. The van der Waals surface area contributed by atoms with Gasteiger partial charge in [-0.3, -0.25) is 38.9 Å². The summed E-state index contributed by atoms with van der Waals surface area (Å²) in [5.74, 6) is -1.55. The zero-order valence-electron chi connectivity index (χ0n) is 22.4. The maximum Gasteiger partial charge on any atom is 0.264 e. The molecule has 12 heteroatoms. The normalized spacial score (nSPS) is 22.7. The van der Waals surface area contributed by atoms with Crippen LogP contribution in [-0.4, -0.2) is 68.2 Å². The van der Waals surface area contributed by atoms with Crippen molar-refractivity contribution in [3.63, 3.8) is 0 Å². The molecule has 0 bridgehead atoms. The minimum atomic E-state index is -1.02. The molecule has 0 spiro atoms. The molecule has 0 radical (unpaired) electrons. The van der Waals surface area contributed by atoms with Crippen molar-refractivity contribution in [1.82, 2.24) is 24.9 Å². The maximum atomic E-state index is 13.3. The molecule has 1 aromatic heterocycles. The number of nitrogens with one attached hydrogen (secondary N) is 2. The topological polar surface area (TPSA) is 160 Å². The van der Waals surface area contributed by atoms with Crippen LogP contribution in [0.3, 0.4) is 0 Å². The number of rotatable bonds is 6. The Morgan fingerprint density at radius 2 is 1.88 bits per heavy atom. The van der Waals surface area contributed by atoms with Crippen LogP contribution < -0.4 is 16.4 Å². The van der Waals surface area contributed by atoms with E-state index in [0.29, 0.717) is 24.6 Å². The molecular formula is C28H33N7O5. The SMILES string of the molecule is CC1(C(=O)N2CCC(n3cc(CNc4cccc5c4C(=O)N(C4CCC(=O)NC4=O)C5=O)c(N)n3)CC2)CCC1. The molecule has 210 valence electrons. The fourth-order valence-corrected chi connectivity index (χ4v) is 6.26. The Labute approximate surface area is 231 Å². The number of piperidine rings is 2. The standard InChI is InChI=1S/C28H33N7O5/c1-28(10-3-11-28)27(40)33-12-8-17(9-13-33)34-15-16(23(29)32-34)14-30-19-5-2-4-18-22(19)26(39)35(25(18)38)20-6-7-21(36)31-24(20)37/h2,4-5,15,17,20,30H,3,6-14H2,1H3,(H2,29,32)(H,31,36,37). The lowest BCUT2D eigenvalue weighted by Crippen LogP contribution is -2.54. The molecule has 12 nitrogen and oxygen atoms in total. The van der Waals surface area contributed by atoms with Gasteiger partial charge in [0.25, 0.3) is 11.8 Å². The van der Waals surface area contributed by atoms with Crippen LogP contribution in [0.1, 0.15) is 84.2 Å². The summed E-state index contributed by atoms with van der Waals surface area (Å²) in [6.45, 7) is 3.74. The van der Waals surface area contributed by atoms with Gasteiger partial charge in [0, 0.05) is 48.9 Å². The van der Waals surface area contributed by atoms with Crippen LogP contribution in [0, 0.1) is 5.41 Å². The third kappa shape index (κ3) is 4.31. The molecule has 1 unspecified atom stereocenters. The molecular weight excluding hydrogens is 514 g/mol. The summed E-state index contributed by atoms with van der Waals surface area (Å²) in [5.41, 5.74) is 7.65. The maximum absolute atomic E-state index is 13.3. The first-order valence-electron chi connectivity index (χ1n) is 13.9. The Morgan fingerprint density at radius 3 is 2.55 bits per heavy atom. The van der Waals surface area contributed by atoms with Gasteiger partial charge in [-0.1, -0.05) is 19.4 Å². The average molecular weight is 548 g/mol. The fraction of sp³-hybridized carbons (Fsp3) is 0.500. The highest BCUT2D eigenvalue weighted by Crippen LogP contribution is 2.42. The van der Waals surface area contributed by atoms with E-state index >= 15 is 0 Å². The number of amides is 5. The second-order valence-corrected chi connectivity index (χ2v) is 11.5. The Hall–Kier alpha value is -4.22. The number of nitrogen functional groups attached to an aromatic ring is 1. The first-order valence-corrected chi connectivity index (χ1v) is 13.9. The largest absolute Gasteiger partial charge is 0.382 e. The van der Waals surface area contributed by atoms with Gasteiger partial charge in [0.05, 0.1) is 17.2 Å². The molecule has 4 N–H and O–H groups in total. The highest BCUT2D eigenvalue weighted by molar-refractivity contribution is 6.25. The highest BCUT2D eigenvalue weighted by Gasteiger charge is 2.46. The van der Waals surface area contributed by atoms with Crippen molar-refractivity contribution >= 4 is 41.0 Å². The molecule has 2 aromatic rings. The summed E-state index contributed by atoms with van der Waals surface area (Å²) in [7, 11) is 0. The zero-order valence-corrected chi connectivity index (χ0v) is 22.4. The van der Waals surface area contributed by atoms with Gasteiger partial charge >= 0.3 is 0 Å². The molecule has 1 saturated carbocycles. The predicted octanol–water partition coefficient (Wildman–Crippen LogP) is 1.83. The van der Waals surface area contributed by atoms with Gasteiger partial charge in [-0.15, -0.1) is 0 Å². The monoisotopic (exact) mass is 547 g/mol. The highest BCUT2D eigenvalue weighted by atomic mass is 16.2. The average Bonchev–Trinajstić information content (AvgIpc) is 3.42. The summed E-state index contributed by atoms with van der Waals surface area (Å²) in [6, 6.07) is 4.04. The number of imide groups is 2. The van der Waals surface area contributed by atoms with Crippen molar-refractivity contribution in [3.8, 4) is 0 Å². The van der Waals surface area contributed by atoms with E-state index in [2.05, 4.69) is 22.7 Å². The molecule has 1 atom stereocenters. The second-order valence-electron chi connectivity index (χ2n) is 11.5. The Bertz CT molecular complexity index is 1420. The number of carbonyl (C=O) groups excluding carboxylic acids is 5. The number of nitrogens with two attached hydrogens (primary N) is 1. The third-order valence-corrected chi connectivity index (χ3v) is 8.88. The molecule has 5 amide bonds. The Morgan fingerprint density at radius 1 is 1.12 bits per heavy atom. The Balaban J connectivity index is 1.12. The summed E-state index contributed by atoms with van der Waals surface area (Å²) >= 11 is 0. The van der Waals surface area contributed by atoms with Gasteiger partial charge in [0.1, 0.15) is 11.9 Å². The van der Waals surface area contributed by atoms with Crippen LogP contribution in [-0.2, 0) is 20.9 Å². The number of hydrogen-bond donors (Lipinski definition) is 3. The number of hydrogen-bond acceptors (Lipinski definition) is 8. The van der Waals surface area contributed by atoms with E-state index in [-0.39, 0.29) is 47.9 Å². The van der Waals surface area contributed by atoms with Crippen LogP contribution in [0.15, 0.2) is 24.4 Å². The van der Waals surface area contributed by atoms with Gasteiger partial charge in [0.15, 0.2) is 0 Å². The van der Waals surface area contributed by atoms with Crippen molar-refractivity contribution < 1.29 is 24.0 Å². The van der Waals surface area contributed by atoms with Crippen LogP contribution in [0.2, 0.25) is 0 Å². The lowest BCUT2D eigenvalue weighted by Gasteiger charge is -2.43. The van der Waals surface area contributed by atoms with E-state index in [1.165, 1.54) is 0 Å². The minimum absolute atomic E-state index is 0.0624. The molecule has 3 aliphatic heterocycles. The molecule has 1 aromatic carbocycles. The van der Waals surface area contributed by atoms with E-state index in [0.717, 1.165) is 42.6 Å². The summed E-state index contributed by atoms with van der Waals surface area (Å²) in [4.78, 5) is 66.2. The molecule has 40 heavy (non-hydrogen) atoms. The number of anilines is 2. The van der Waals surface area contributed by atoms with Crippen molar-refractivity contribution in [1.29, 1.82) is 0 Å². The van der Waals surface area contributed by atoms with Gasteiger partial charge < -0.3 is 16.0 Å². The van der Waals surface area contributed by atoms with E-state index < -0.39 is 29.7 Å². The van der Waals surface area contributed by atoms with E-state index in [1.54, 1.807) is 18.2 Å². The smallest absolute Gasteiger partial charge is 0.264 e. The molecule has 4 heterocycles. The van der Waals surface area contributed by atoms with Crippen LogP contribution in [0.25, 0.3) is 0 Å². The number of carbonyl (C=O) groups is 5. The van der Waals surface area contributed by atoms with Crippen LogP contribution >= 0.6 is 0 Å². The zero-order chi connectivity index (χ0) is 28.2. The van der Waals surface area contributed by atoms with E-state index in [4.69, 9.17) is 5.73 Å². The number of aromatic nitrogens is 2. The van der Waals surface area contributed by atoms with E-state index in [1.807, 2.05) is 15.8 Å². The predicted molar refractivity (Wildman–Crippen MR) is 144 cm³/mol. The van der Waals surface area contributed by atoms with Crippen molar-refractivity contribution in [2.45, 2.75) is 70.5 Å². The summed E-state index contributed by atoms with van der Waals surface area (Å²) in [5, 5.41) is 9.96. The molecule has 2 saturated heterocycles. The third-order valence-electron chi connectivity index (χ3n) is 8.88. The van der Waals surface area contributed by atoms with Crippen LogP contribution in [0.5, 0.6) is 0 Å². The van der Waals surface area contributed by atoms with Crippen LogP contribution in [0.4, 0.5) is 11.5 Å². The first kappa shape index (κ1) is 26.0. The van der Waals surface area contributed by atoms with Crippen molar-refractivity contribution in [3.05, 3.63) is 41.1 Å². The van der Waals surface area contributed by atoms with E-state index in [9.17, 15) is 24.0 Å². The number of fused-ring (bicyclic) bond motifs is 1. The molecule has 6 rings (SSSR count). The summed E-state index contributed by atoms with van der Waals surface area (Å²) in [6.07, 6.45) is 6.71. The number of benzene rings is 1. The van der Waals surface area contributed by atoms with Crippen molar-refractivity contribution in [2.24, 2.45) is 5.41 Å². The first-order chi connectivity index (χ1) is 19.2. The fourth-order valence-electron chi connectivity index (χ4n) is 6.26. The molecule has 3 fully saturated rings. The minimum Gasteiger partial charge on any atom is -0.382 e. The second kappa shape index (κ2) is 9.76. The summed E-state index contributed by atoms with van der Waals surface area (Å²) < 4.78 is 1.87. The lowest BCUT2D eigenvalue weighted by molar-refractivity contribution is -0.147.